The van der Waals surface area contributed by atoms with Gasteiger partial charge in [-0.15, -0.1) is 0 Å². The lowest BCUT2D eigenvalue weighted by Crippen LogP contribution is -2.14. The van der Waals surface area contributed by atoms with Crippen LogP contribution in [0.5, 0.6) is 0 Å². The molecule has 1 aromatic heterocycles. The van der Waals surface area contributed by atoms with E-state index in [1.807, 2.05) is 0 Å². The van der Waals surface area contributed by atoms with E-state index >= 15 is 0 Å². The van der Waals surface area contributed by atoms with Crippen molar-refractivity contribution in [2.75, 3.05) is 6.54 Å². The van der Waals surface area contributed by atoms with Crippen LogP contribution in [0.3, 0.4) is 0 Å². The normalized spacial score (nSPS) is 12.9. The molecular formula is C16H22N2. The van der Waals surface area contributed by atoms with Crippen LogP contribution in [0.4, 0.5) is 0 Å². The van der Waals surface area contributed by atoms with Gasteiger partial charge in [0.1, 0.15) is 0 Å². The molecule has 1 aromatic carbocycles. The van der Waals surface area contributed by atoms with E-state index in [0.717, 1.165) is 17.6 Å². The molecule has 0 aliphatic rings. The number of pyridine rings is 1. The van der Waals surface area contributed by atoms with Crippen LogP contribution in [-0.2, 0) is 6.42 Å². The SMILES string of the molecule is Cc1ccc(C)c2c(C)cc(CC(C)CN)nc12. The zero-order valence-corrected chi connectivity index (χ0v) is 11.7. The molecule has 2 heteroatoms. The molecule has 0 saturated heterocycles. The van der Waals surface area contributed by atoms with E-state index in [4.69, 9.17) is 10.7 Å². The van der Waals surface area contributed by atoms with E-state index in [-0.39, 0.29) is 0 Å². The quantitative estimate of drug-likeness (QED) is 0.897. The summed E-state index contributed by atoms with van der Waals surface area (Å²) in [6, 6.07) is 6.54. The molecule has 1 atom stereocenters. The smallest absolute Gasteiger partial charge is 0.0739 e. The van der Waals surface area contributed by atoms with Gasteiger partial charge in [0, 0.05) is 11.1 Å². The average Bonchev–Trinajstić information content (AvgIpc) is 2.33. The van der Waals surface area contributed by atoms with Gasteiger partial charge in [-0.25, -0.2) is 0 Å². The lowest BCUT2D eigenvalue weighted by atomic mass is 9.98. The summed E-state index contributed by atoms with van der Waals surface area (Å²) in [5.41, 5.74) is 11.9. The second-order valence-corrected chi connectivity index (χ2v) is 5.40. The van der Waals surface area contributed by atoms with Crippen molar-refractivity contribution < 1.29 is 0 Å². The van der Waals surface area contributed by atoms with Crippen LogP contribution in [0.2, 0.25) is 0 Å². The van der Waals surface area contributed by atoms with E-state index in [2.05, 4.69) is 45.9 Å². The number of rotatable bonds is 3. The minimum absolute atomic E-state index is 0.486. The molecule has 2 nitrogen and oxygen atoms in total. The summed E-state index contributed by atoms with van der Waals surface area (Å²) in [4.78, 5) is 4.83. The summed E-state index contributed by atoms with van der Waals surface area (Å²) in [5, 5.41) is 1.30. The lowest BCUT2D eigenvalue weighted by Gasteiger charge is -2.13. The van der Waals surface area contributed by atoms with Gasteiger partial charge in [-0.1, -0.05) is 19.1 Å². The van der Waals surface area contributed by atoms with Crippen molar-refractivity contribution >= 4 is 10.9 Å². The van der Waals surface area contributed by atoms with E-state index in [1.165, 1.54) is 22.1 Å². The molecule has 1 heterocycles. The maximum Gasteiger partial charge on any atom is 0.0739 e. The molecule has 96 valence electrons. The molecule has 0 amide bonds. The Bertz CT molecular complexity index is 573. The summed E-state index contributed by atoms with van der Waals surface area (Å²) < 4.78 is 0. The van der Waals surface area contributed by atoms with Crippen molar-refractivity contribution in [3.05, 3.63) is 40.6 Å². The fraction of sp³-hybridized carbons (Fsp3) is 0.438. The number of nitrogens with two attached hydrogens (primary N) is 1. The molecule has 0 aliphatic heterocycles. The fourth-order valence-electron chi connectivity index (χ4n) is 2.48. The van der Waals surface area contributed by atoms with Gasteiger partial charge >= 0.3 is 0 Å². The summed E-state index contributed by atoms with van der Waals surface area (Å²) >= 11 is 0. The van der Waals surface area contributed by atoms with Crippen LogP contribution < -0.4 is 5.73 Å². The maximum absolute atomic E-state index is 5.70. The molecule has 0 bridgehead atoms. The molecule has 0 aliphatic carbocycles. The molecule has 0 radical (unpaired) electrons. The van der Waals surface area contributed by atoms with Crippen molar-refractivity contribution in [3.8, 4) is 0 Å². The Labute approximate surface area is 109 Å². The molecule has 0 spiro atoms. The predicted octanol–water partition coefficient (Wildman–Crippen LogP) is 3.30. The van der Waals surface area contributed by atoms with Crippen molar-refractivity contribution in [1.82, 2.24) is 4.98 Å². The van der Waals surface area contributed by atoms with Gasteiger partial charge in [0.25, 0.3) is 0 Å². The molecule has 1 unspecified atom stereocenters. The number of hydrogen-bond acceptors (Lipinski definition) is 2. The monoisotopic (exact) mass is 242 g/mol. The largest absolute Gasteiger partial charge is 0.330 e. The summed E-state index contributed by atoms with van der Waals surface area (Å²) in [5.74, 6) is 0.486. The van der Waals surface area contributed by atoms with Crippen molar-refractivity contribution in [3.63, 3.8) is 0 Å². The van der Waals surface area contributed by atoms with Crippen LogP contribution in [0.15, 0.2) is 18.2 Å². The number of aromatic nitrogens is 1. The van der Waals surface area contributed by atoms with Crippen LogP contribution in [0.1, 0.15) is 29.3 Å². The Morgan fingerprint density at radius 2 is 1.78 bits per heavy atom. The molecule has 18 heavy (non-hydrogen) atoms. The standard InChI is InChI=1S/C16H22N2/c1-10(9-17)7-14-8-13(4)15-11(2)5-6-12(3)16(15)18-14/h5-6,8,10H,7,9,17H2,1-4H3. The Kier molecular flexibility index (Phi) is 3.67. The molecule has 0 saturated carbocycles. The first kappa shape index (κ1) is 13.0. The highest BCUT2D eigenvalue weighted by molar-refractivity contribution is 5.88. The van der Waals surface area contributed by atoms with Gasteiger partial charge in [-0.05, 0) is 62.4 Å². The van der Waals surface area contributed by atoms with Crippen LogP contribution in [-0.4, -0.2) is 11.5 Å². The second-order valence-electron chi connectivity index (χ2n) is 5.40. The zero-order valence-electron chi connectivity index (χ0n) is 11.7. The van der Waals surface area contributed by atoms with Gasteiger partial charge in [0.2, 0.25) is 0 Å². The van der Waals surface area contributed by atoms with Crippen LogP contribution in [0, 0.1) is 26.7 Å². The highest BCUT2D eigenvalue weighted by Gasteiger charge is 2.09. The first-order valence-corrected chi connectivity index (χ1v) is 6.59. The Morgan fingerprint density at radius 1 is 1.11 bits per heavy atom. The second kappa shape index (κ2) is 5.07. The average molecular weight is 242 g/mol. The van der Waals surface area contributed by atoms with Crippen LogP contribution >= 0.6 is 0 Å². The van der Waals surface area contributed by atoms with Crippen LogP contribution in [0.25, 0.3) is 10.9 Å². The predicted molar refractivity (Wildman–Crippen MR) is 77.9 cm³/mol. The highest BCUT2D eigenvalue weighted by atomic mass is 14.7. The molecule has 2 rings (SSSR count). The Morgan fingerprint density at radius 3 is 2.44 bits per heavy atom. The first-order valence-electron chi connectivity index (χ1n) is 6.59. The third-order valence-corrected chi connectivity index (χ3v) is 3.58. The lowest BCUT2D eigenvalue weighted by molar-refractivity contribution is 0.585. The third kappa shape index (κ3) is 2.39. The Hall–Kier alpha value is -1.41. The van der Waals surface area contributed by atoms with Crippen molar-refractivity contribution in [2.24, 2.45) is 11.7 Å². The molecular weight excluding hydrogens is 220 g/mol. The molecule has 2 aromatic rings. The topological polar surface area (TPSA) is 38.9 Å². The van der Waals surface area contributed by atoms with Gasteiger partial charge in [-0.3, -0.25) is 4.98 Å². The fourth-order valence-corrected chi connectivity index (χ4v) is 2.48. The maximum atomic E-state index is 5.70. The third-order valence-electron chi connectivity index (χ3n) is 3.58. The van der Waals surface area contributed by atoms with E-state index in [0.29, 0.717) is 12.5 Å². The highest BCUT2D eigenvalue weighted by Crippen LogP contribution is 2.25. The number of benzene rings is 1. The minimum atomic E-state index is 0.486. The van der Waals surface area contributed by atoms with E-state index in [1.54, 1.807) is 0 Å². The number of aryl methyl sites for hydroxylation is 3. The summed E-state index contributed by atoms with van der Waals surface area (Å²) in [6.07, 6.45) is 0.959. The van der Waals surface area contributed by atoms with E-state index in [9.17, 15) is 0 Å². The van der Waals surface area contributed by atoms with Gasteiger partial charge in [0.15, 0.2) is 0 Å². The van der Waals surface area contributed by atoms with Gasteiger partial charge < -0.3 is 5.73 Å². The molecule has 2 N–H and O–H groups in total. The van der Waals surface area contributed by atoms with Crippen molar-refractivity contribution in [2.45, 2.75) is 34.1 Å². The van der Waals surface area contributed by atoms with Gasteiger partial charge in [0.05, 0.1) is 5.52 Å². The first-order chi connectivity index (χ1) is 8.52. The summed E-state index contributed by atoms with van der Waals surface area (Å²) in [6.45, 7) is 9.34. The minimum Gasteiger partial charge on any atom is -0.330 e. The van der Waals surface area contributed by atoms with E-state index < -0.39 is 0 Å². The number of fused-ring (bicyclic) bond motifs is 1. The number of hydrogen-bond donors (Lipinski definition) is 1. The Balaban J connectivity index is 2.58. The zero-order chi connectivity index (χ0) is 13.3. The van der Waals surface area contributed by atoms with Crippen molar-refractivity contribution in [1.29, 1.82) is 0 Å². The summed E-state index contributed by atoms with van der Waals surface area (Å²) in [7, 11) is 0. The van der Waals surface area contributed by atoms with Gasteiger partial charge in [-0.2, -0.15) is 0 Å². The molecule has 0 fully saturated rings. The number of nitrogens with zero attached hydrogens (tertiary/aromatic N) is 1.